The van der Waals surface area contributed by atoms with Crippen LogP contribution in [-0.4, -0.2) is 87.7 Å². The molecule has 0 aromatic carbocycles. The molecule has 0 bridgehead atoms. The Labute approximate surface area is 370 Å². The van der Waals surface area contributed by atoms with Crippen molar-refractivity contribution in [2.45, 2.75) is 233 Å². The number of carbonyl (C=O) groups excluding carboxylic acids is 4. The molecule has 0 rings (SSSR count). The highest BCUT2D eigenvalue weighted by atomic mass is 31.2. The molecule has 360 valence electrons. The number of nitrogens with one attached hydrogen (secondary N) is 2. The summed E-state index contributed by atoms with van der Waals surface area (Å²) < 4.78 is 44.7. The highest BCUT2D eigenvalue weighted by molar-refractivity contribution is 7.45. The van der Waals surface area contributed by atoms with E-state index in [0.717, 1.165) is 38.5 Å². The standard InChI is InChI=1S/C46H89N2O12P/c1-7-9-11-13-15-17-19-21-23-25-27-29-43(49)55-35-41(59-45(51)30-28-26-24-22-20-18-16-14-12-10-8-2)37-57-61(53,54)58-38-42(60-46(52)32-34-48-40(5)6)36-56-44(50)31-33-47-39(3)4/h39-42,47-48H,7-38H2,1-6H3,(H,53,54)/p-1/t41-,42?/m1/s1. The molecular formula is C46H88N2O12P-. The molecule has 0 heterocycles. The fraction of sp³-hybridized carbons (Fsp3) is 0.913. The van der Waals surface area contributed by atoms with E-state index < -0.39 is 63.7 Å². The van der Waals surface area contributed by atoms with Crippen LogP contribution in [-0.2, 0) is 51.7 Å². The van der Waals surface area contributed by atoms with Crippen LogP contribution < -0.4 is 15.5 Å². The molecular weight excluding hydrogens is 803 g/mol. The Kier molecular flexibility index (Phi) is 39.3. The lowest BCUT2D eigenvalue weighted by atomic mass is 10.1. The second kappa shape index (κ2) is 40.7. The van der Waals surface area contributed by atoms with Crippen molar-refractivity contribution in [3.05, 3.63) is 0 Å². The third-order valence-corrected chi connectivity index (χ3v) is 11.0. The third kappa shape index (κ3) is 41.7. The van der Waals surface area contributed by atoms with Crippen LogP contribution in [0.2, 0.25) is 0 Å². The summed E-state index contributed by atoms with van der Waals surface area (Å²) >= 11 is 0. The summed E-state index contributed by atoms with van der Waals surface area (Å²) in [7, 11) is -5.07. The lowest BCUT2D eigenvalue weighted by Crippen LogP contribution is -2.33. The minimum absolute atomic E-state index is 0.00329. The molecule has 61 heavy (non-hydrogen) atoms. The Hall–Kier alpha value is -2.09. The zero-order chi connectivity index (χ0) is 45.4. The van der Waals surface area contributed by atoms with Crippen LogP contribution in [0.5, 0.6) is 0 Å². The molecule has 0 aliphatic heterocycles. The average Bonchev–Trinajstić information content (AvgIpc) is 3.20. The fourth-order valence-electron chi connectivity index (χ4n) is 6.42. The van der Waals surface area contributed by atoms with E-state index in [4.69, 9.17) is 28.0 Å². The van der Waals surface area contributed by atoms with Crippen molar-refractivity contribution >= 4 is 31.7 Å². The van der Waals surface area contributed by atoms with Gasteiger partial charge in [-0.3, -0.25) is 23.7 Å². The maximum atomic E-state index is 12.9. The van der Waals surface area contributed by atoms with Crippen molar-refractivity contribution in [2.75, 3.05) is 39.5 Å². The van der Waals surface area contributed by atoms with Crippen molar-refractivity contribution in [1.82, 2.24) is 10.6 Å². The van der Waals surface area contributed by atoms with Gasteiger partial charge in [0.15, 0.2) is 12.2 Å². The molecule has 0 saturated heterocycles. The van der Waals surface area contributed by atoms with Gasteiger partial charge in [0.2, 0.25) is 0 Å². The van der Waals surface area contributed by atoms with E-state index in [-0.39, 0.29) is 44.4 Å². The van der Waals surface area contributed by atoms with Crippen LogP contribution in [0.3, 0.4) is 0 Å². The van der Waals surface area contributed by atoms with E-state index in [1.54, 1.807) is 0 Å². The number of carbonyl (C=O) groups is 4. The largest absolute Gasteiger partial charge is 0.756 e. The number of unbranched alkanes of at least 4 members (excludes halogenated alkanes) is 20. The number of ether oxygens (including phenoxy) is 4. The van der Waals surface area contributed by atoms with Crippen LogP contribution >= 0.6 is 7.82 Å². The second-order valence-corrected chi connectivity index (χ2v) is 18.3. The van der Waals surface area contributed by atoms with Crippen molar-refractivity contribution in [3.63, 3.8) is 0 Å². The van der Waals surface area contributed by atoms with E-state index in [1.807, 2.05) is 27.7 Å². The molecule has 0 aliphatic rings. The van der Waals surface area contributed by atoms with E-state index in [2.05, 4.69) is 24.5 Å². The van der Waals surface area contributed by atoms with E-state index in [9.17, 15) is 28.6 Å². The quantitative estimate of drug-likeness (QED) is 0.0255. The summed E-state index contributed by atoms with van der Waals surface area (Å²) in [6, 6.07) is 0.311. The van der Waals surface area contributed by atoms with Crippen molar-refractivity contribution in [3.8, 4) is 0 Å². The molecule has 2 N–H and O–H groups in total. The highest BCUT2D eigenvalue weighted by Crippen LogP contribution is 2.39. The lowest BCUT2D eigenvalue weighted by Gasteiger charge is -2.27. The zero-order valence-electron chi connectivity index (χ0n) is 39.3. The summed E-state index contributed by atoms with van der Waals surface area (Å²) in [6.07, 6.45) is 23.0. The molecule has 0 amide bonds. The minimum atomic E-state index is -5.07. The summed E-state index contributed by atoms with van der Waals surface area (Å²) in [5.74, 6) is -2.21. The van der Waals surface area contributed by atoms with Gasteiger partial charge in [0.25, 0.3) is 7.82 Å². The lowest BCUT2D eigenvalue weighted by molar-refractivity contribution is -0.231. The smallest absolute Gasteiger partial charge is 0.307 e. The first-order chi connectivity index (χ1) is 29.3. The van der Waals surface area contributed by atoms with Crippen molar-refractivity contribution < 1.29 is 56.6 Å². The molecule has 0 aliphatic carbocycles. The van der Waals surface area contributed by atoms with Gasteiger partial charge >= 0.3 is 23.9 Å². The van der Waals surface area contributed by atoms with Crippen LogP contribution in [0.25, 0.3) is 0 Å². The molecule has 0 spiro atoms. The molecule has 14 nitrogen and oxygen atoms in total. The van der Waals surface area contributed by atoms with Crippen molar-refractivity contribution in [1.29, 1.82) is 0 Å². The molecule has 0 aromatic rings. The zero-order valence-corrected chi connectivity index (χ0v) is 40.2. The molecule has 2 unspecified atom stereocenters. The first-order valence-electron chi connectivity index (χ1n) is 24.0. The van der Waals surface area contributed by atoms with Crippen LogP contribution in [0.4, 0.5) is 0 Å². The maximum Gasteiger partial charge on any atom is 0.307 e. The van der Waals surface area contributed by atoms with Gasteiger partial charge in [-0.2, -0.15) is 0 Å². The molecule has 0 aromatic heterocycles. The van der Waals surface area contributed by atoms with Crippen molar-refractivity contribution in [2.24, 2.45) is 0 Å². The van der Waals surface area contributed by atoms with E-state index in [1.165, 1.54) is 89.9 Å². The Morgan fingerprint density at radius 1 is 0.443 bits per heavy atom. The van der Waals surface area contributed by atoms with Gasteiger partial charge in [0, 0.05) is 38.0 Å². The first-order valence-corrected chi connectivity index (χ1v) is 25.5. The van der Waals surface area contributed by atoms with Gasteiger partial charge in [0.1, 0.15) is 13.2 Å². The van der Waals surface area contributed by atoms with Gasteiger partial charge < -0.3 is 43.5 Å². The maximum absolute atomic E-state index is 12.9. The van der Waals surface area contributed by atoms with Crippen LogP contribution in [0.1, 0.15) is 208 Å². The summed E-state index contributed by atoms with van der Waals surface area (Å²) in [4.78, 5) is 63.2. The van der Waals surface area contributed by atoms with Gasteiger partial charge in [-0.1, -0.05) is 170 Å². The summed E-state index contributed by atoms with van der Waals surface area (Å²) in [5, 5.41) is 6.20. The Balaban J connectivity index is 5.16. The molecule has 0 saturated carbocycles. The van der Waals surface area contributed by atoms with Gasteiger partial charge in [-0.15, -0.1) is 0 Å². The Morgan fingerprint density at radius 2 is 0.738 bits per heavy atom. The number of esters is 4. The molecule has 0 fully saturated rings. The molecule has 0 radical (unpaired) electrons. The number of phosphoric acid groups is 1. The molecule has 3 atom stereocenters. The normalized spacial score (nSPS) is 13.5. The second-order valence-electron chi connectivity index (χ2n) is 16.9. The van der Waals surface area contributed by atoms with Gasteiger partial charge in [-0.25, -0.2) is 0 Å². The first kappa shape index (κ1) is 58.9. The monoisotopic (exact) mass is 892 g/mol. The SMILES string of the molecule is CCCCCCCCCCCCCC(=O)OC[C@H](COP(=O)([O-])OCC(COC(=O)CCNC(C)C)OC(=O)CCNC(C)C)OC(=O)CCCCCCCCCCCCC. The predicted octanol–water partition coefficient (Wildman–Crippen LogP) is 9.58. The average molecular weight is 892 g/mol. The fourth-order valence-corrected chi connectivity index (χ4v) is 7.19. The number of phosphoric ester groups is 1. The topological polar surface area (TPSA) is 188 Å². The summed E-state index contributed by atoms with van der Waals surface area (Å²) in [5.41, 5.74) is 0. The molecule has 15 heteroatoms. The Bertz CT molecular complexity index is 1140. The van der Waals surface area contributed by atoms with Gasteiger partial charge in [-0.05, 0) is 12.8 Å². The summed E-state index contributed by atoms with van der Waals surface area (Å²) in [6.45, 7) is 10.7. The van der Waals surface area contributed by atoms with Crippen LogP contribution in [0.15, 0.2) is 0 Å². The minimum Gasteiger partial charge on any atom is -0.756 e. The Morgan fingerprint density at radius 3 is 1.10 bits per heavy atom. The van der Waals surface area contributed by atoms with E-state index in [0.29, 0.717) is 25.9 Å². The number of hydrogen-bond acceptors (Lipinski definition) is 14. The van der Waals surface area contributed by atoms with E-state index >= 15 is 0 Å². The third-order valence-electron chi connectivity index (χ3n) is 10.0. The van der Waals surface area contributed by atoms with Crippen LogP contribution in [0, 0.1) is 0 Å². The number of hydrogen-bond donors (Lipinski definition) is 2. The highest BCUT2D eigenvalue weighted by Gasteiger charge is 2.24. The number of rotatable bonds is 44. The predicted molar refractivity (Wildman–Crippen MR) is 239 cm³/mol. The van der Waals surface area contributed by atoms with Gasteiger partial charge in [0.05, 0.1) is 26.1 Å².